The lowest BCUT2D eigenvalue weighted by Gasteiger charge is -2.25. The second-order valence-corrected chi connectivity index (χ2v) is 9.48. The normalized spacial score (nSPS) is 14.7. The zero-order valence-electron chi connectivity index (χ0n) is 18.5. The number of carbonyl (C=O) groups excluding carboxylic acids is 1. The molecule has 0 radical (unpaired) electrons. The number of piperidine rings is 1. The first-order chi connectivity index (χ1) is 15.4. The van der Waals surface area contributed by atoms with Crippen molar-refractivity contribution in [2.24, 2.45) is 0 Å². The third kappa shape index (κ3) is 6.21. The van der Waals surface area contributed by atoms with Gasteiger partial charge in [0.05, 0.1) is 25.0 Å². The maximum atomic E-state index is 12.8. The Hall–Kier alpha value is -2.62. The van der Waals surface area contributed by atoms with Crippen LogP contribution in [0.1, 0.15) is 24.8 Å². The van der Waals surface area contributed by atoms with E-state index in [-0.39, 0.29) is 17.2 Å². The number of hydrogen-bond acceptors (Lipinski definition) is 6. The Morgan fingerprint density at radius 2 is 1.69 bits per heavy atom. The number of sulfonamides is 1. The van der Waals surface area contributed by atoms with Gasteiger partial charge in [0, 0.05) is 32.0 Å². The molecule has 1 fully saturated rings. The van der Waals surface area contributed by atoms with Crippen LogP contribution < -0.4 is 14.8 Å². The summed E-state index contributed by atoms with van der Waals surface area (Å²) in [6, 6.07) is 11.7. The maximum Gasteiger partial charge on any atom is 0.243 e. The summed E-state index contributed by atoms with van der Waals surface area (Å²) in [5.74, 6) is 0.851. The summed E-state index contributed by atoms with van der Waals surface area (Å²) in [6.07, 6.45) is 2.97. The van der Waals surface area contributed by atoms with E-state index >= 15 is 0 Å². The van der Waals surface area contributed by atoms with Crippen molar-refractivity contribution in [3.63, 3.8) is 0 Å². The number of hydrogen-bond donors (Lipinski definition) is 1. The van der Waals surface area contributed by atoms with Crippen molar-refractivity contribution in [2.75, 3.05) is 45.8 Å². The predicted molar refractivity (Wildman–Crippen MR) is 122 cm³/mol. The first-order valence-electron chi connectivity index (χ1n) is 10.6. The standard InChI is InChI=1S/C23H30N2O6S/c1-29-14-15-31-22-17-19(8-11-21(22)30-2)24-23(26)16-18-6-9-20(10-7-18)32(27,28)25-12-4-3-5-13-25/h6-11,17H,3-5,12-16H2,1-2H3,(H,24,26). The van der Waals surface area contributed by atoms with Crippen LogP contribution in [0.2, 0.25) is 0 Å². The number of nitrogens with zero attached hydrogens (tertiary/aromatic N) is 1. The van der Waals surface area contributed by atoms with Gasteiger partial charge >= 0.3 is 0 Å². The van der Waals surface area contributed by atoms with Crippen molar-refractivity contribution in [1.29, 1.82) is 0 Å². The summed E-state index contributed by atoms with van der Waals surface area (Å²) in [5, 5.41) is 2.84. The van der Waals surface area contributed by atoms with E-state index in [0.717, 1.165) is 24.8 Å². The first kappa shape index (κ1) is 24.0. The molecular weight excluding hydrogens is 432 g/mol. The topological polar surface area (TPSA) is 94.2 Å². The molecule has 1 aliphatic rings. The van der Waals surface area contributed by atoms with Gasteiger partial charge in [0.15, 0.2) is 11.5 Å². The van der Waals surface area contributed by atoms with E-state index in [0.29, 0.717) is 43.5 Å². The fourth-order valence-electron chi connectivity index (χ4n) is 3.53. The van der Waals surface area contributed by atoms with Crippen LogP contribution in [0.3, 0.4) is 0 Å². The number of benzene rings is 2. The van der Waals surface area contributed by atoms with E-state index in [1.807, 2.05) is 0 Å². The van der Waals surface area contributed by atoms with Crippen LogP contribution in [0, 0.1) is 0 Å². The van der Waals surface area contributed by atoms with Crippen LogP contribution in [0.4, 0.5) is 5.69 Å². The molecule has 0 saturated carbocycles. The number of amides is 1. The average molecular weight is 463 g/mol. The van der Waals surface area contributed by atoms with Crippen molar-refractivity contribution < 1.29 is 27.4 Å². The Morgan fingerprint density at radius 1 is 0.969 bits per heavy atom. The fraction of sp³-hybridized carbons (Fsp3) is 0.435. The maximum absolute atomic E-state index is 12.8. The lowest BCUT2D eigenvalue weighted by atomic mass is 10.1. The second kappa shape index (κ2) is 11.3. The molecule has 1 heterocycles. The van der Waals surface area contributed by atoms with Crippen molar-refractivity contribution >= 4 is 21.6 Å². The van der Waals surface area contributed by atoms with E-state index in [9.17, 15) is 13.2 Å². The molecule has 1 amide bonds. The molecule has 0 spiro atoms. The summed E-state index contributed by atoms with van der Waals surface area (Å²) in [6.45, 7) is 1.91. The second-order valence-electron chi connectivity index (χ2n) is 7.54. The molecule has 0 atom stereocenters. The van der Waals surface area contributed by atoms with Crippen LogP contribution in [0.5, 0.6) is 11.5 Å². The highest BCUT2D eigenvalue weighted by Gasteiger charge is 2.25. The van der Waals surface area contributed by atoms with Gasteiger partial charge in [-0.25, -0.2) is 8.42 Å². The highest BCUT2D eigenvalue weighted by Crippen LogP contribution is 2.30. The molecule has 1 aliphatic heterocycles. The molecule has 174 valence electrons. The monoisotopic (exact) mass is 462 g/mol. The number of rotatable bonds is 10. The molecule has 2 aromatic carbocycles. The zero-order chi connectivity index (χ0) is 23.0. The molecule has 2 aromatic rings. The minimum absolute atomic E-state index is 0.121. The Morgan fingerprint density at radius 3 is 2.34 bits per heavy atom. The molecular formula is C23H30N2O6S. The molecule has 0 aliphatic carbocycles. The third-order valence-corrected chi connectivity index (χ3v) is 7.15. The molecule has 32 heavy (non-hydrogen) atoms. The van der Waals surface area contributed by atoms with Crippen LogP contribution in [-0.2, 0) is 26.0 Å². The average Bonchev–Trinajstić information content (AvgIpc) is 2.80. The van der Waals surface area contributed by atoms with Gasteiger partial charge in [0.2, 0.25) is 15.9 Å². The Kier molecular flexibility index (Phi) is 8.49. The van der Waals surface area contributed by atoms with Crippen molar-refractivity contribution in [3.05, 3.63) is 48.0 Å². The highest BCUT2D eigenvalue weighted by atomic mass is 32.2. The summed E-state index contributed by atoms with van der Waals surface area (Å²) in [7, 11) is -0.341. The fourth-order valence-corrected chi connectivity index (χ4v) is 5.04. The molecule has 0 unspecified atom stereocenters. The van der Waals surface area contributed by atoms with E-state index in [2.05, 4.69) is 5.32 Å². The number of ether oxygens (including phenoxy) is 3. The molecule has 8 nitrogen and oxygen atoms in total. The van der Waals surface area contributed by atoms with Gasteiger partial charge in [-0.3, -0.25) is 4.79 Å². The van der Waals surface area contributed by atoms with Crippen LogP contribution in [0.15, 0.2) is 47.4 Å². The smallest absolute Gasteiger partial charge is 0.243 e. The molecule has 0 bridgehead atoms. The molecule has 0 aromatic heterocycles. The van der Waals surface area contributed by atoms with Gasteiger partial charge in [0.1, 0.15) is 6.61 Å². The molecule has 3 rings (SSSR count). The van der Waals surface area contributed by atoms with Gasteiger partial charge in [-0.15, -0.1) is 0 Å². The van der Waals surface area contributed by atoms with E-state index < -0.39 is 10.0 Å². The minimum Gasteiger partial charge on any atom is -0.493 e. The Balaban J connectivity index is 1.62. The van der Waals surface area contributed by atoms with Gasteiger partial charge < -0.3 is 19.5 Å². The van der Waals surface area contributed by atoms with E-state index in [1.165, 1.54) is 4.31 Å². The lowest BCUT2D eigenvalue weighted by molar-refractivity contribution is -0.115. The SMILES string of the molecule is COCCOc1cc(NC(=O)Cc2ccc(S(=O)(=O)N3CCCCC3)cc2)ccc1OC. The summed E-state index contributed by atoms with van der Waals surface area (Å²) < 4.78 is 43.0. The summed E-state index contributed by atoms with van der Waals surface area (Å²) in [4.78, 5) is 12.8. The van der Waals surface area contributed by atoms with Crippen LogP contribution >= 0.6 is 0 Å². The van der Waals surface area contributed by atoms with Crippen LogP contribution in [0.25, 0.3) is 0 Å². The molecule has 9 heteroatoms. The summed E-state index contributed by atoms with van der Waals surface area (Å²) >= 11 is 0. The molecule has 1 saturated heterocycles. The lowest BCUT2D eigenvalue weighted by Crippen LogP contribution is -2.35. The van der Waals surface area contributed by atoms with Gasteiger partial charge in [-0.2, -0.15) is 4.31 Å². The Labute approximate surface area is 189 Å². The molecule has 1 N–H and O–H groups in total. The quantitative estimate of drug-likeness (QED) is 0.546. The number of methoxy groups -OCH3 is 2. The van der Waals surface area contributed by atoms with Gasteiger partial charge in [-0.1, -0.05) is 18.6 Å². The van der Waals surface area contributed by atoms with Crippen molar-refractivity contribution in [3.8, 4) is 11.5 Å². The predicted octanol–water partition coefficient (Wildman–Crippen LogP) is 3.08. The number of nitrogens with one attached hydrogen (secondary N) is 1. The van der Waals surface area contributed by atoms with Gasteiger partial charge in [-0.05, 0) is 42.7 Å². The third-order valence-electron chi connectivity index (χ3n) is 5.23. The minimum atomic E-state index is -3.48. The van der Waals surface area contributed by atoms with E-state index in [4.69, 9.17) is 14.2 Å². The summed E-state index contributed by atoms with van der Waals surface area (Å²) in [5.41, 5.74) is 1.30. The Bertz CT molecular complexity index is 1000. The zero-order valence-corrected chi connectivity index (χ0v) is 19.3. The van der Waals surface area contributed by atoms with Gasteiger partial charge in [0.25, 0.3) is 0 Å². The van der Waals surface area contributed by atoms with E-state index in [1.54, 1.807) is 56.7 Å². The first-order valence-corrected chi connectivity index (χ1v) is 12.1. The highest BCUT2D eigenvalue weighted by molar-refractivity contribution is 7.89. The number of carbonyl (C=O) groups is 1. The largest absolute Gasteiger partial charge is 0.493 e. The van der Waals surface area contributed by atoms with Crippen LogP contribution in [-0.4, -0.2) is 59.2 Å². The van der Waals surface area contributed by atoms with Crippen molar-refractivity contribution in [1.82, 2.24) is 4.31 Å². The number of anilines is 1. The van der Waals surface area contributed by atoms with Crippen molar-refractivity contribution in [2.45, 2.75) is 30.6 Å².